The van der Waals surface area contributed by atoms with E-state index in [1.54, 1.807) is 19.9 Å². The number of carboxylic acid groups (broad SMARTS) is 1. The van der Waals surface area contributed by atoms with Crippen molar-refractivity contribution < 1.29 is 19.4 Å². The molecule has 1 amide bonds. The van der Waals surface area contributed by atoms with Crippen LogP contribution >= 0.6 is 24.0 Å². The van der Waals surface area contributed by atoms with Crippen molar-refractivity contribution in [2.75, 3.05) is 6.61 Å². The molecule has 1 heterocycles. The fraction of sp³-hybridized carbons (Fsp3) is 0.353. The van der Waals surface area contributed by atoms with E-state index >= 15 is 0 Å². The topological polar surface area (TPSA) is 69.7 Å². The average Bonchev–Trinajstić information content (AvgIpc) is 2.77. The molecule has 0 radical (unpaired) electrons. The number of hydrogen-bond acceptors (Lipinski definition) is 6. The standard InChI is InChI=1S/C17H19NO4S2/c1-4-22-12-7-5-11(6-8-12)9-13-15(19)18(17(23)24-13)14(10(2)3)16(20)21/h5-10,14H,4H2,1-3H3,(H,20,21)/p-1/b13-9-/t14-/m0/s1. The molecule has 7 heteroatoms. The summed E-state index contributed by atoms with van der Waals surface area (Å²) < 4.78 is 5.61. The van der Waals surface area contributed by atoms with Gasteiger partial charge in [0.25, 0.3) is 5.91 Å². The third kappa shape index (κ3) is 3.96. The van der Waals surface area contributed by atoms with E-state index in [0.29, 0.717) is 11.5 Å². The second kappa shape index (κ2) is 7.81. The number of hydrogen-bond donors (Lipinski definition) is 0. The third-order valence-corrected chi connectivity index (χ3v) is 4.79. The van der Waals surface area contributed by atoms with Crippen LogP contribution in [0.15, 0.2) is 29.2 Å². The summed E-state index contributed by atoms with van der Waals surface area (Å²) in [4.78, 5) is 25.5. The first-order valence-corrected chi connectivity index (χ1v) is 8.78. The molecular formula is C17H18NO4S2-. The van der Waals surface area contributed by atoms with Gasteiger partial charge in [-0.2, -0.15) is 0 Å². The van der Waals surface area contributed by atoms with Crippen LogP contribution in [0.3, 0.4) is 0 Å². The van der Waals surface area contributed by atoms with E-state index < -0.39 is 17.9 Å². The zero-order valence-corrected chi connectivity index (χ0v) is 15.3. The van der Waals surface area contributed by atoms with Crippen molar-refractivity contribution in [2.24, 2.45) is 5.92 Å². The maximum Gasteiger partial charge on any atom is 0.266 e. The maximum atomic E-state index is 12.6. The number of thioether (sulfide) groups is 1. The van der Waals surface area contributed by atoms with Crippen LogP contribution in [-0.4, -0.2) is 33.7 Å². The predicted octanol–water partition coefficient (Wildman–Crippen LogP) is 2.06. The van der Waals surface area contributed by atoms with E-state index in [1.807, 2.05) is 31.2 Å². The van der Waals surface area contributed by atoms with Gasteiger partial charge in [0.1, 0.15) is 10.1 Å². The zero-order valence-electron chi connectivity index (χ0n) is 13.6. The Morgan fingerprint density at radius 1 is 1.38 bits per heavy atom. The van der Waals surface area contributed by atoms with Gasteiger partial charge in [-0.15, -0.1) is 0 Å². The molecule has 5 nitrogen and oxygen atoms in total. The summed E-state index contributed by atoms with van der Waals surface area (Å²) in [5.74, 6) is -1.26. The lowest BCUT2D eigenvalue weighted by atomic mass is 10.0. The molecule has 0 aliphatic carbocycles. The highest BCUT2D eigenvalue weighted by Gasteiger charge is 2.38. The molecule has 0 spiro atoms. The van der Waals surface area contributed by atoms with Gasteiger partial charge in [-0.3, -0.25) is 9.69 Å². The van der Waals surface area contributed by atoms with Crippen LogP contribution in [0, 0.1) is 5.92 Å². The number of rotatable bonds is 6. The Hall–Kier alpha value is -1.86. The smallest absolute Gasteiger partial charge is 0.266 e. The van der Waals surface area contributed by atoms with Crippen molar-refractivity contribution in [2.45, 2.75) is 26.8 Å². The largest absolute Gasteiger partial charge is 0.548 e. The van der Waals surface area contributed by atoms with E-state index in [1.165, 1.54) is 0 Å². The Balaban J connectivity index is 2.25. The number of carboxylic acids is 1. The van der Waals surface area contributed by atoms with E-state index in [9.17, 15) is 14.7 Å². The van der Waals surface area contributed by atoms with Crippen LogP contribution in [0.5, 0.6) is 5.75 Å². The molecule has 1 aromatic rings. The van der Waals surface area contributed by atoms with Gasteiger partial charge in [0.05, 0.1) is 23.5 Å². The van der Waals surface area contributed by atoms with E-state index in [0.717, 1.165) is 28.0 Å². The SMILES string of the molecule is CCOc1ccc(/C=C2\SC(=S)N([C@H](C(=O)[O-])C(C)C)C2=O)cc1. The maximum absolute atomic E-state index is 12.6. The molecule has 1 fully saturated rings. The van der Waals surface area contributed by atoms with Gasteiger partial charge in [-0.1, -0.05) is 50.0 Å². The van der Waals surface area contributed by atoms with Gasteiger partial charge in [-0.05, 0) is 36.6 Å². The Morgan fingerprint density at radius 2 is 2.00 bits per heavy atom. The summed E-state index contributed by atoms with van der Waals surface area (Å²) in [5.41, 5.74) is 0.813. The summed E-state index contributed by atoms with van der Waals surface area (Å²) in [6.07, 6.45) is 1.70. The summed E-state index contributed by atoms with van der Waals surface area (Å²) in [6, 6.07) is 6.22. The molecule has 128 valence electrons. The highest BCUT2D eigenvalue weighted by molar-refractivity contribution is 8.26. The number of aliphatic carboxylic acids is 1. The van der Waals surface area contributed by atoms with Crippen molar-refractivity contribution in [1.82, 2.24) is 4.90 Å². The summed E-state index contributed by atoms with van der Waals surface area (Å²) in [7, 11) is 0. The molecule has 1 atom stereocenters. The lowest BCUT2D eigenvalue weighted by molar-refractivity contribution is -0.311. The van der Waals surface area contributed by atoms with Gasteiger partial charge in [0, 0.05) is 0 Å². The predicted molar refractivity (Wildman–Crippen MR) is 96.3 cm³/mol. The van der Waals surface area contributed by atoms with Crippen LogP contribution in [0.2, 0.25) is 0 Å². The third-order valence-electron chi connectivity index (χ3n) is 3.46. The number of benzene rings is 1. The fourth-order valence-corrected chi connectivity index (χ4v) is 3.70. The number of carbonyl (C=O) groups excluding carboxylic acids is 2. The van der Waals surface area contributed by atoms with Crippen LogP contribution in [0.4, 0.5) is 0 Å². The highest BCUT2D eigenvalue weighted by Crippen LogP contribution is 2.35. The monoisotopic (exact) mass is 364 g/mol. The van der Waals surface area contributed by atoms with Crippen LogP contribution < -0.4 is 9.84 Å². The Kier molecular flexibility index (Phi) is 6.01. The quantitative estimate of drug-likeness (QED) is 0.568. The first kappa shape index (κ1) is 18.5. The van der Waals surface area contributed by atoms with Crippen LogP contribution in [-0.2, 0) is 9.59 Å². The average molecular weight is 364 g/mol. The van der Waals surface area contributed by atoms with E-state index in [-0.39, 0.29) is 10.2 Å². The molecule has 1 saturated heterocycles. The van der Waals surface area contributed by atoms with Gasteiger partial charge in [0.15, 0.2) is 0 Å². The van der Waals surface area contributed by atoms with Crippen molar-refractivity contribution >= 4 is 46.3 Å². The minimum absolute atomic E-state index is 0.236. The van der Waals surface area contributed by atoms with E-state index in [4.69, 9.17) is 17.0 Å². The first-order chi connectivity index (χ1) is 11.3. The summed E-state index contributed by atoms with van der Waals surface area (Å²) >= 11 is 6.30. The van der Waals surface area contributed by atoms with E-state index in [2.05, 4.69) is 0 Å². The van der Waals surface area contributed by atoms with Crippen molar-refractivity contribution in [3.63, 3.8) is 0 Å². The van der Waals surface area contributed by atoms with Crippen LogP contribution in [0.25, 0.3) is 6.08 Å². The number of thiocarbonyl (C=S) groups is 1. The van der Waals surface area contributed by atoms with Gasteiger partial charge < -0.3 is 14.6 Å². The number of ether oxygens (including phenoxy) is 1. The number of carbonyl (C=O) groups is 2. The summed E-state index contributed by atoms with van der Waals surface area (Å²) in [6.45, 7) is 5.92. The molecule has 0 aromatic heterocycles. The Bertz CT molecular complexity index is 682. The minimum atomic E-state index is -1.30. The summed E-state index contributed by atoms with van der Waals surface area (Å²) in [5, 5.41) is 11.4. The van der Waals surface area contributed by atoms with Gasteiger partial charge >= 0.3 is 0 Å². The Labute approximate surface area is 150 Å². The molecule has 1 aliphatic rings. The molecule has 2 rings (SSSR count). The molecule has 1 aliphatic heterocycles. The lowest BCUT2D eigenvalue weighted by Gasteiger charge is -2.30. The molecule has 0 bridgehead atoms. The van der Waals surface area contributed by atoms with Crippen molar-refractivity contribution in [3.8, 4) is 5.75 Å². The molecule has 0 saturated carbocycles. The van der Waals surface area contributed by atoms with Crippen LogP contribution in [0.1, 0.15) is 26.3 Å². The second-order valence-electron chi connectivity index (χ2n) is 5.56. The van der Waals surface area contributed by atoms with Gasteiger partial charge in [0.2, 0.25) is 0 Å². The Morgan fingerprint density at radius 3 is 2.50 bits per heavy atom. The lowest BCUT2D eigenvalue weighted by Crippen LogP contribution is -2.52. The van der Waals surface area contributed by atoms with Crippen molar-refractivity contribution in [1.29, 1.82) is 0 Å². The fourth-order valence-electron chi connectivity index (χ4n) is 2.37. The number of nitrogens with zero attached hydrogens (tertiary/aromatic N) is 1. The molecule has 0 unspecified atom stereocenters. The van der Waals surface area contributed by atoms with Crippen molar-refractivity contribution in [3.05, 3.63) is 34.7 Å². The molecule has 1 aromatic carbocycles. The molecule has 0 N–H and O–H groups in total. The normalized spacial score (nSPS) is 17.7. The number of amides is 1. The highest BCUT2D eigenvalue weighted by atomic mass is 32.2. The molecular weight excluding hydrogens is 346 g/mol. The molecule has 24 heavy (non-hydrogen) atoms. The first-order valence-electron chi connectivity index (χ1n) is 7.56. The zero-order chi connectivity index (χ0) is 17.9. The minimum Gasteiger partial charge on any atom is -0.548 e. The second-order valence-corrected chi connectivity index (χ2v) is 7.24. The van der Waals surface area contributed by atoms with Gasteiger partial charge in [-0.25, -0.2) is 0 Å².